The van der Waals surface area contributed by atoms with Crippen molar-refractivity contribution in [1.82, 2.24) is 5.32 Å². The van der Waals surface area contributed by atoms with E-state index >= 15 is 0 Å². The Hall–Kier alpha value is -0.610. The molecule has 2 spiro atoms. The van der Waals surface area contributed by atoms with Gasteiger partial charge < -0.3 is 14.8 Å². The first kappa shape index (κ1) is 75.6. The molecular weight excluding hydrogens is 999 g/mol. The van der Waals surface area contributed by atoms with Gasteiger partial charge in [-0.15, -0.1) is 0 Å². The number of rotatable bonds is 0. The second-order valence-corrected chi connectivity index (χ2v) is 28.6. The van der Waals surface area contributed by atoms with Gasteiger partial charge in [-0.3, -0.25) is 4.79 Å². The van der Waals surface area contributed by atoms with Crippen LogP contribution in [-0.2, 0) is 14.3 Å². The summed E-state index contributed by atoms with van der Waals surface area (Å²) in [5, 5.41) is 3.90. The van der Waals surface area contributed by atoms with E-state index in [0.717, 1.165) is 51.7 Å². The summed E-state index contributed by atoms with van der Waals surface area (Å²) in [6.45, 7) is 1.44. The number of carbonyl (C=O) groups excluding carboxylic acids is 1. The van der Waals surface area contributed by atoms with Crippen molar-refractivity contribution in [3.8, 4) is 0 Å². The first-order valence-electron chi connectivity index (χ1n) is 39.3. The van der Waals surface area contributed by atoms with E-state index in [-0.39, 0.29) is 5.54 Å². The molecule has 82 heavy (non-hydrogen) atoms. The van der Waals surface area contributed by atoms with Crippen LogP contribution in [0.2, 0.25) is 0 Å². The van der Waals surface area contributed by atoms with Gasteiger partial charge in [-0.25, -0.2) is 0 Å². The highest BCUT2D eigenvalue weighted by atomic mass is 16.7. The Labute approximate surface area is 516 Å². The fourth-order valence-corrected chi connectivity index (χ4v) is 15.0. The summed E-state index contributed by atoms with van der Waals surface area (Å²) in [6.07, 6.45) is 101. The molecule has 1 N–H and O–H groups in total. The van der Waals surface area contributed by atoms with Gasteiger partial charge in [0.25, 0.3) is 0 Å². The molecule has 3 fully saturated rings. The molecule has 3 aliphatic rings. The number of carbonyl (C=O) groups is 1. The summed E-state index contributed by atoms with van der Waals surface area (Å²) >= 11 is 0. The topological polar surface area (TPSA) is 47.6 Å². The van der Waals surface area contributed by atoms with Crippen molar-refractivity contribution >= 4 is 5.91 Å². The Morgan fingerprint density at radius 3 is 0.573 bits per heavy atom. The largest absolute Gasteiger partial charge is 0.351 e. The Kier molecular flexibility index (Phi) is 54.8. The third-order valence-corrected chi connectivity index (χ3v) is 20.7. The summed E-state index contributed by atoms with van der Waals surface area (Å²) in [6, 6.07) is 0. The number of amides is 1. The maximum Gasteiger partial charge on any atom is 0.220 e. The molecule has 486 valence electrons. The average Bonchev–Trinajstić information content (AvgIpc) is 4.06. The summed E-state index contributed by atoms with van der Waals surface area (Å²) in [4.78, 5) is 14.3. The fraction of sp³-hybridized carbons (Fsp3) is 0.987. The molecule has 4 heteroatoms. The number of ether oxygens (including phenoxy) is 2. The second kappa shape index (κ2) is 59.4. The Morgan fingerprint density at radius 1 is 0.195 bits per heavy atom. The van der Waals surface area contributed by atoms with E-state index in [9.17, 15) is 4.79 Å². The van der Waals surface area contributed by atoms with Crippen molar-refractivity contribution < 1.29 is 14.3 Å². The van der Waals surface area contributed by atoms with Crippen molar-refractivity contribution in [2.75, 3.05) is 13.2 Å². The minimum absolute atomic E-state index is 0.149. The summed E-state index contributed by atoms with van der Waals surface area (Å²) in [7, 11) is 0. The van der Waals surface area contributed by atoms with E-state index in [1.54, 1.807) is 0 Å². The van der Waals surface area contributed by atoms with E-state index in [2.05, 4.69) is 5.32 Å². The lowest BCUT2D eigenvalue weighted by Gasteiger charge is -2.39. The molecule has 2 aliphatic heterocycles. The van der Waals surface area contributed by atoms with E-state index in [4.69, 9.17) is 9.47 Å². The smallest absolute Gasteiger partial charge is 0.220 e. The van der Waals surface area contributed by atoms with Gasteiger partial charge in [0.2, 0.25) is 5.91 Å². The summed E-state index contributed by atoms with van der Waals surface area (Å²) in [5.74, 6) is -0.134. The molecule has 1 saturated carbocycles. The van der Waals surface area contributed by atoms with Crippen LogP contribution in [0.3, 0.4) is 0 Å². The van der Waals surface area contributed by atoms with Crippen LogP contribution in [0.1, 0.15) is 469 Å². The summed E-state index contributed by atoms with van der Waals surface area (Å²) < 4.78 is 13.3. The SMILES string of the molecule is O=C1CCCCCCCCCCCCCCCCCCCCCCCCCCCCCCCCCCCCCCCCCCCCCCC2(CCCCCCCCCCCCCCCCCCCCCCCCCC3(CC2)OCCO3)N1. The van der Waals surface area contributed by atoms with Crippen LogP contribution in [0.15, 0.2) is 0 Å². The van der Waals surface area contributed by atoms with Gasteiger partial charge in [0, 0.05) is 24.8 Å². The van der Waals surface area contributed by atoms with E-state index < -0.39 is 5.79 Å². The van der Waals surface area contributed by atoms with Gasteiger partial charge in [0.1, 0.15) is 0 Å². The van der Waals surface area contributed by atoms with Gasteiger partial charge in [-0.1, -0.05) is 417 Å². The van der Waals surface area contributed by atoms with Crippen molar-refractivity contribution in [3.05, 3.63) is 0 Å². The fourth-order valence-electron chi connectivity index (χ4n) is 15.0. The van der Waals surface area contributed by atoms with E-state index in [1.165, 1.54) is 424 Å². The van der Waals surface area contributed by atoms with Gasteiger partial charge >= 0.3 is 0 Å². The Bertz CT molecular complexity index is 1280. The predicted octanol–water partition coefficient (Wildman–Crippen LogP) is 27.1. The molecule has 0 radical (unpaired) electrons. The highest BCUT2D eigenvalue weighted by molar-refractivity contribution is 5.76. The lowest BCUT2D eigenvalue weighted by Crippen LogP contribution is -2.50. The molecule has 0 bridgehead atoms. The molecule has 0 aromatic heterocycles. The normalized spacial score (nSPS) is 26.7. The Balaban J connectivity index is 1.51. The minimum Gasteiger partial charge on any atom is -0.351 e. The zero-order valence-electron chi connectivity index (χ0n) is 56.3. The third kappa shape index (κ3) is 48.4. The maximum absolute atomic E-state index is 14.3. The zero-order chi connectivity index (χ0) is 57.7. The molecule has 1 aliphatic carbocycles. The van der Waals surface area contributed by atoms with E-state index in [1.807, 2.05) is 0 Å². The lowest BCUT2D eigenvalue weighted by atomic mass is 9.80. The lowest BCUT2D eigenvalue weighted by molar-refractivity contribution is -0.172. The van der Waals surface area contributed by atoms with Gasteiger partial charge in [0.05, 0.1) is 13.2 Å². The molecule has 0 aromatic rings. The van der Waals surface area contributed by atoms with Crippen molar-refractivity contribution in [2.45, 2.75) is 480 Å². The van der Waals surface area contributed by atoms with Crippen LogP contribution in [0, 0.1) is 0 Å². The number of hydrogen-bond acceptors (Lipinski definition) is 3. The van der Waals surface area contributed by atoms with Gasteiger partial charge in [-0.2, -0.15) is 0 Å². The average molecular weight is 1150 g/mol. The van der Waals surface area contributed by atoms with E-state index in [0.29, 0.717) is 12.3 Å². The molecule has 1 unspecified atom stereocenters. The number of nitrogens with one attached hydrogen (secondary N) is 1. The molecule has 4 nitrogen and oxygen atoms in total. The maximum atomic E-state index is 14.3. The molecule has 2 heterocycles. The van der Waals surface area contributed by atoms with Crippen LogP contribution in [0.5, 0.6) is 0 Å². The highest BCUT2D eigenvalue weighted by Crippen LogP contribution is 2.37. The van der Waals surface area contributed by atoms with Crippen molar-refractivity contribution in [1.29, 1.82) is 0 Å². The monoisotopic (exact) mass is 1150 g/mol. The van der Waals surface area contributed by atoms with Crippen molar-refractivity contribution in [2.24, 2.45) is 0 Å². The predicted molar refractivity (Wildman–Crippen MR) is 363 cm³/mol. The molecular formula is C78H151NO3. The Morgan fingerprint density at radius 2 is 0.366 bits per heavy atom. The molecule has 0 aromatic carbocycles. The van der Waals surface area contributed by atoms with Crippen LogP contribution >= 0.6 is 0 Å². The first-order chi connectivity index (χ1) is 40.7. The molecule has 2 saturated heterocycles. The standard InChI is InChI=1S/C78H151NO3/c80-76-68-64-60-56-52-48-44-40-36-32-28-24-21-19-17-15-13-11-9-7-5-3-1-2-4-6-8-10-12-14-16-18-20-22-25-29-33-37-41-45-49-53-57-61-65-69-77(79-76)70-66-62-58-54-50-46-42-38-34-30-26-23-27-31-35-39-43-47-51-55-59-63-67-71-78(73-72-77)81-74-75-82-78/h1-75H2,(H,79,80). The van der Waals surface area contributed by atoms with Crippen molar-refractivity contribution in [3.63, 3.8) is 0 Å². The molecule has 3 rings (SSSR count). The second-order valence-electron chi connectivity index (χ2n) is 28.6. The molecule has 1 amide bonds. The summed E-state index contributed by atoms with van der Waals surface area (Å²) in [5.41, 5.74) is -0.149. The van der Waals surface area contributed by atoms with Crippen LogP contribution < -0.4 is 5.32 Å². The first-order valence-corrected chi connectivity index (χ1v) is 39.3. The quantitative estimate of drug-likeness (QED) is 0.263. The van der Waals surface area contributed by atoms with Gasteiger partial charge in [0.15, 0.2) is 5.79 Å². The van der Waals surface area contributed by atoms with Crippen LogP contribution in [0.4, 0.5) is 0 Å². The number of hydrogen-bond donors (Lipinski definition) is 1. The van der Waals surface area contributed by atoms with Crippen LogP contribution in [0.25, 0.3) is 0 Å². The molecule has 1 atom stereocenters. The minimum atomic E-state index is -0.460. The third-order valence-electron chi connectivity index (χ3n) is 20.7. The highest BCUT2D eigenvalue weighted by Gasteiger charge is 2.40. The van der Waals surface area contributed by atoms with Gasteiger partial charge in [-0.05, 0) is 32.1 Å². The zero-order valence-corrected chi connectivity index (χ0v) is 56.3. The van der Waals surface area contributed by atoms with Crippen LogP contribution in [-0.4, -0.2) is 30.4 Å².